The zero-order valence-corrected chi connectivity index (χ0v) is 12.6. The van der Waals surface area contributed by atoms with Crippen molar-refractivity contribution in [2.24, 2.45) is 11.7 Å². The number of rotatable bonds is 2. The Labute approximate surface area is 126 Å². The van der Waals surface area contributed by atoms with Crippen LogP contribution in [0.4, 0.5) is 0 Å². The average molecular weight is 285 g/mol. The Hall–Kier alpha value is -1.86. The molecule has 1 fully saturated rings. The van der Waals surface area contributed by atoms with Gasteiger partial charge in [0.1, 0.15) is 5.69 Å². The number of nitrogens with two attached hydrogens (primary N) is 1. The largest absolute Gasteiger partial charge is 0.348 e. The third kappa shape index (κ3) is 4.57. The molecular weight excluding hydrogens is 262 g/mol. The molecule has 2 atom stereocenters. The van der Waals surface area contributed by atoms with Gasteiger partial charge in [0.2, 0.25) is 0 Å². The zero-order chi connectivity index (χ0) is 15.1. The minimum atomic E-state index is -0.0907. The van der Waals surface area contributed by atoms with E-state index in [1.807, 2.05) is 0 Å². The van der Waals surface area contributed by atoms with Gasteiger partial charge in [0.25, 0.3) is 5.91 Å². The molecule has 0 spiro atoms. The van der Waals surface area contributed by atoms with Gasteiger partial charge in [0.05, 0.1) is 6.54 Å². The molecule has 0 bridgehead atoms. The van der Waals surface area contributed by atoms with Crippen molar-refractivity contribution in [1.82, 2.24) is 10.3 Å². The van der Waals surface area contributed by atoms with Crippen LogP contribution in [0.15, 0.2) is 18.3 Å². The van der Waals surface area contributed by atoms with E-state index < -0.39 is 0 Å². The molecule has 21 heavy (non-hydrogen) atoms. The minimum Gasteiger partial charge on any atom is -0.348 e. The summed E-state index contributed by atoms with van der Waals surface area (Å²) in [5.41, 5.74) is 6.55. The molecule has 112 valence electrons. The van der Waals surface area contributed by atoms with Gasteiger partial charge in [-0.2, -0.15) is 0 Å². The van der Waals surface area contributed by atoms with Gasteiger partial charge in [0.15, 0.2) is 0 Å². The number of carbonyl (C=O) groups excluding carboxylic acids is 1. The van der Waals surface area contributed by atoms with Crippen LogP contribution in [0.1, 0.15) is 55.1 Å². The lowest BCUT2D eigenvalue weighted by atomic mass is 9.97. The van der Waals surface area contributed by atoms with Crippen LogP contribution < -0.4 is 11.1 Å². The molecule has 1 heterocycles. The van der Waals surface area contributed by atoms with Crippen LogP contribution in [0.2, 0.25) is 0 Å². The number of hydrogen-bond donors (Lipinski definition) is 2. The van der Waals surface area contributed by atoms with Crippen molar-refractivity contribution < 1.29 is 4.79 Å². The number of hydrogen-bond acceptors (Lipinski definition) is 3. The summed E-state index contributed by atoms with van der Waals surface area (Å²) in [5, 5.41) is 3.13. The summed E-state index contributed by atoms with van der Waals surface area (Å²) in [5.74, 6) is 6.11. The van der Waals surface area contributed by atoms with Crippen molar-refractivity contribution in [1.29, 1.82) is 0 Å². The molecule has 1 aliphatic carbocycles. The van der Waals surface area contributed by atoms with Crippen LogP contribution in [0, 0.1) is 17.8 Å². The predicted molar refractivity (Wildman–Crippen MR) is 83.7 cm³/mol. The van der Waals surface area contributed by atoms with E-state index in [0.717, 1.165) is 12.0 Å². The van der Waals surface area contributed by atoms with E-state index in [-0.39, 0.29) is 11.9 Å². The van der Waals surface area contributed by atoms with Gasteiger partial charge in [-0.05, 0) is 30.9 Å². The standard InChI is InChI=1S/C17H23N3O/c1-13-6-3-2-4-8-15(13)20-17(21)16-10-9-14(12-19-16)7-5-11-18/h9-10,12-13,15H,2-4,6,8,11,18H2,1H3,(H,20,21). The van der Waals surface area contributed by atoms with E-state index in [2.05, 4.69) is 29.1 Å². The molecule has 1 amide bonds. The molecule has 1 aliphatic rings. The lowest BCUT2D eigenvalue weighted by molar-refractivity contribution is 0.0916. The van der Waals surface area contributed by atoms with Crippen molar-refractivity contribution >= 4 is 5.91 Å². The van der Waals surface area contributed by atoms with Crippen LogP contribution in [-0.2, 0) is 0 Å². The van der Waals surface area contributed by atoms with Gasteiger partial charge < -0.3 is 11.1 Å². The molecule has 0 aliphatic heterocycles. The molecule has 2 unspecified atom stereocenters. The van der Waals surface area contributed by atoms with Crippen LogP contribution in [-0.4, -0.2) is 23.5 Å². The smallest absolute Gasteiger partial charge is 0.270 e. The Morgan fingerprint density at radius 2 is 2.19 bits per heavy atom. The Morgan fingerprint density at radius 3 is 2.90 bits per heavy atom. The van der Waals surface area contributed by atoms with Gasteiger partial charge in [-0.15, -0.1) is 0 Å². The molecule has 0 aromatic carbocycles. The molecule has 1 aromatic heterocycles. The second kappa shape index (κ2) is 7.80. The second-order valence-electron chi connectivity index (χ2n) is 5.63. The number of carbonyl (C=O) groups is 1. The summed E-state index contributed by atoms with van der Waals surface area (Å²) >= 11 is 0. The molecular formula is C17H23N3O. The Morgan fingerprint density at radius 1 is 1.38 bits per heavy atom. The lowest BCUT2D eigenvalue weighted by Crippen LogP contribution is -2.39. The molecule has 3 N–H and O–H groups in total. The maximum Gasteiger partial charge on any atom is 0.270 e. The first kappa shape index (κ1) is 15.5. The molecule has 4 heteroatoms. The number of pyridine rings is 1. The zero-order valence-electron chi connectivity index (χ0n) is 12.6. The number of aromatic nitrogens is 1. The molecule has 1 aromatic rings. The summed E-state index contributed by atoms with van der Waals surface area (Å²) in [6.07, 6.45) is 7.59. The number of nitrogens with zero attached hydrogens (tertiary/aromatic N) is 1. The van der Waals surface area contributed by atoms with Crippen molar-refractivity contribution in [3.05, 3.63) is 29.6 Å². The highest BCUT2D eigenvalue weighted by molar-refractivity contribution is 5.92. The third-order valence-electron chi connectivity index (χ3n) is 4.01. The van der Waals surface area contributed by atoms with E-state index in [0.29, 0.717) is 18.2 Å². The first-order valence-electron chi connectivity index (χ1n) is 7.66. The van der Waals surface area contributed by atoms with E-state index in [9.17, 15) is 4.79 Å². The SMILES string of the molecule is CC1CCCCCC1NC(=O)c1ccc(C#CCN)cn1. The minimum absolute atomic E-state index is 0.0907. The first-order chi connectivity index (χ1) is 10.2. The summed E-state index contributed by atoms with van der Waals surface area (Å²) < 4.78 is 0. The van der Waals surface area contributed by atoms with Crippen LogP contribution in [0.25, 0.3) is 0 Å². The first-order valence-corrected chi connectivity index (χ1v) is 7.66. The second-order valence-corrected chi connectivity index (χ2v) is 5.63. The summed E-state index contributed by atoms with van der Waals surface area (Å²) in [4.78, 5) is 16.5. The fourth-order valence-electron chi connectivity index (χ4n) is 2.71. The number of nitrogens with one attached hydrogen (secondary N) is 1. The topological polar surface area (TPSA) is 68.0 Å². The lowest BCUT2D eigenvalue weighted by Gasteiger charge is -2.22. The average Bonchev–Trinajstić information content (AvgIpc) is 2.70. The van der Waals surface area contributed by atoms with Gasteiger partial charge in [0, 0.05) is 17.8 Å². The molecule has 2 rings (SSSR count). The van der Waals surface area contributed by atoms with Gasteiger partial charge in [-0.25, -0.2) is 4.98 Å². The van der Waals surface area contributed by atoms with E-state index in [1.54, 1.807) is 18.3 Å². The Kier molecular flexibility index (Phi) is 5.77. The Balaban J connectivity index is 1.99. The Bertz CT molecular complexity index is 527. The highest BCUT2D eigenvalue weighted by atomic mass is 16.1. The van der Waals surface area contributed by atoms with E-state index in [4.69, 9.17) is 5.73 Å². The van der Waals surface area contributed by atoms with E-state index in [1.165, 1.54) is 25.7 Å². The van der Waals surface area contributed by atoms with Gasteiger partial charge in [-0.1, -0.05) is 38.0 Å². The van der Waals surface area contributed by atoms with Crippen LogP contribution in [0.5, 0.6) is 0 Å². The monoisotopic (exact) mass is 285 g/mol. The van der Waals surface area contributed by atoms with Crippen molar-refractivity contribution in [3.63, 3.8) is 0 Å². The van der Waals surface area contributed by atoms with Crippen molar-refractivity contribution in [3.8, 4) is 11.8 Å². The third-order valence-corrected chi connectivity index (χ3v) is 4.01. The van der Waals surface area contributed by atoms with Crippen LogP contribution in [0.3, 0.4) is 0 Å². The maximum absolute atomic E-state index is 12.3. The molecule has 0 saturated heterocycles. The van der Waals surface area contributed by atoms with Gasteiger partial charge >= 0.3 is 0 Å². The highest BCUT2D eigenvalue weighted by Gasteiger charge is 2.22. The summed E-state index contributed by atoms with van der Waals surface area (Å²) in [7, 11) is 0. The number of amides is 1. The van der Waals surface area contributed by atoms with Crippen LogP contribution >= 0.6 is 0 Å². The fourth-order valence-corrected chi connectivity index (χ4v) is 2.71. The van der Waals surface area contributed by atoms with Crippen molar-refractivity contribution in [2.75, 3.05) is 6.54 Å². The van der Waals surface area contributed by atoms with Crippen molar-refractivity contribution in [2.45, 2.75) is 45.1 Å². The summed E-state index contributed by atoms with van der Waals surface area (Å²) in [6, 6.07) is 3.79. The maximum atomic E-state index is 12.3. The summed E-state index contributed by atoms with van der Waals surface area (Å²) in [6.45, 7) is 2.54. The molecule has 0 radical (unpaired) electrons. The predicted octanol–water partition coefficient (Wildman–Crippen LogP) is 2.09. The normalized spacial score (nSPS) is 21.8. The van der Waals surface area contributed by atoms with E-state index >= 15 is 0 Å². The van der Waals surface area contributed by atoms with Gasteiger partial charge in [-0.3, -0.25) is 4.79 Å². The molecule has 4 nitrogen and oxygen atoms in total. The molecule has 1 saturated carbocycles. The fraction of sp³-hybridized carbons (Fsp3) is 0.529. The quantitative estimate of drug-likeness (QED) is 0.646. The highest BCUT2D eigenvalue weighted by Crippen LogP contribution is 2.23.